The zero-order valence-corrected chi connectivity index (χ0v) is 21.9. The zero-order valence-electron chi connectivity index (χ0n) is 21.9. The molecule has 0 saturated heterocycles. The largest absolute Gasteiger partial charge is 0.481 e. The molecule has 0 aliphatic rings. The Bertz CT molecular complexity index is 1230. The van der Waals surface area contributed by atoms with E-state index in [1.165, 1.54) is 28.9 Å². The van der Waals surface area contributed by atoms with Crippen LogP contribution in [-0.2, 0) is 4.79 Å². The number of nitrogens with zero attached hydrogens (tertiary/aromatic N) is 3. The Kier molecular flexibility index (Phi) is 9.60. The summed E-state index contributed by atoms with van der Waals surface area (Å²) in [6.07, 6.45) is -3.15. The van der Waals surface area contributed by atoms with Crippen molar-refractivity contribution in [1.82, 2.24) is 14.7 Å². The van der Waals surface area contributed by atoms with Crippen molar-refractivity contribution in [2.45, 2.75) is 57.8 Å². The monoisotopic (exact) mass is 527 g/mol. The van der Waals surface area contributed by atoms with E-state index in [4.69, 9.17) is 9.84 Å². The Morgan fingerprint density at radius 3 is 2.24 bits per heavy atom. The molecule has 0 spiro atoms. The number of amides is 1. The molecule has 3 aromatic rings. The van der Waals surface area contributed by atoms with Crippen LogP contribution in [0.15, 0.2) is 54.6 Å². The standard InChI is InChI=1S/C28H34FN3O6/c1-17(2)25-26(27(37)31(4)18(3)19-8-6-5-7-9-19)30-32(21-12-10-20(29)11-13-21)28(25)38-16-23(34)14-22(33)15-24(35)36/h5-13,17-18,22-23,33-34H,14-16H2,1-4H3,(H,35,36)/t18-,22-,23+/m1/s1. The van der Waals surface area contributed by atoms with Crippen LogP contribution in [0.3, 0.4) is 0 Å². The minimum absolute atomic E-state index is 0.157. The summed E-state index contributed by atoms with van der Waals surface area (Å²) < 4.78 is 21.0. The molecular weight excluding hydrogens is 493 g/mol. The minimum Gasteiger partial charge on any atom is -0.481 e. The van der Waals surface area contributed by atoms with Gasteiger partial charge in [-0.15, -0.1) is 0 Å². The number of carboxylic acid groups (broad SMARTS) is 1. The second-order valence-corrected chi connectivity index (χ2v) is 9.57. The van der Waals surface area contributed by atoms with Gasteiger partial charge in [-0.05, 0) is 42.7 Å². The molecule has 0 fully saturated rings. The molecule has 3 rings (SSSR count). The summed E-state index contributed by atoms with van der Waals surface area (Å²) in [5, 5.41) is 33.7. The fourth-order valence-electron chi connectivity index (χ4n) is 4.13. The number of aromatic nitrogens is 2. The molecule has 0 aliphatic heterocycles. The van der Waals surface area contributed by atoms with E-state index in [-0.39, 0.29) is 42.5 Å². The molecule has 3 N–H and O–H groups in total. The summed E-state index contributed by atoms with van der Waals surface area (Å²) in [7, 11) is 1.69. The fourth-order valence-corrected chi connectivity index (χ4v) is 4.13. The Balaban J connectivity index is 1.98. The van der Waals surface area contributed by atoms with E-state index in [2.05, 4.69) is 5.10 Å². The summed E-state index contributed by atoms with van der Waals surface area (Å²) in [6, 6.07) is 14.8. The number of hydrogen-bond donors (Lipinski definition) is 3. The topological polar surface area (TPSA) is 125 Å². The van der Waals surface area contributed by atoms with Crippen LogP contribution in [0, 0.1) is 5.82 Å². The normalized spacial score (nSPS) is 13.7. The highest BCUT2D eigenvalue weighted by atomic mass is 19.1. The van der Waals surface area contributed by atoms with E-state index >= 15 is 0 Å². The van der Waals surface area contributed by atoms with Gasteiger partial charge in [0.05, 0.1) is 30.4 Å². The van der Waals surface area contributed by atoms with Gasteiger partial charge in [0.15, 0.2) is 5.69 Å². The van der Waals surface area contributed by atoms with Crippen LogP contribution < -0.4 is 4.74 Å². The Morgan fingerprint density at radius 1 is 1.03 bits per heavy atom. The number of benzene rings is 2. The molecule has 9 nitrogen and oxygen atoms in total. The number of halogens is 1. The highest BCUT2D eigenvalue weighted by Crippen LogP contribution is 2.34. The van der Waals surface area contributed by atoms with Crippen LogP contribution in [0.1, 0.15) is 67.2 Å². The average molecular weight is 528 g/mol. The van der Waals surface area contributed by atoms with Crippen LogP contribution in [0.5, 0.6) is 5.88 Å². The number of rotatable bonds is 12. The maximum absolute atomic E-state index is 13.7. The van der Waals surface area contributed by atoms with Crippen molar-refractivity contribution in [3.63, 3.8) is 0 Å². The summed E-state index contributed by atoms with van der Waals surface area (Å²) in [6.45, 7) is 5.38. The van der Waals surface area contributed by atoms with E-state index in [0.29, 0.717) is 11.3 Å². The van der Waals surface area contributed by atoms with E-state index in [1.54, 1.807) is 11.9 Å². The first-order valence-electron chi connectivity index (χ1n) is 12.4. The van der Waals surface area contributed by atoms with Crippen LogP contribution in [-0.4, -0.2) is 67.7 Å². The smallest absolute Gasteiger partial charge is 0.305 e. The van der Waals surface area contributed by atoms with Crippen LogP contribution >= 0.6 is 0 Å². The first-order chi connectivity index (χ1) is 18.0. The molecular formula is C28H34FN3O6. The molecule has 38 heavy (non-hydrogen) atoms. The number of carbonyl (C=O) groups excluding carboxylic acids is 1. The molecule has 3 atom stereocenters. The first kappa shape index (κ1) is 28.8. The van der Waals surface area contributed by atoms with Gasteiger partial charge in [-0.2, -0.15) is 5.10 Å². The van der Waals surface area contributed by atoms with E-state index in [9.17, 15) is 24.2 Å². The number of carboxylic acids is 1. The van der Waals surface area contributed by atoms with Gasteiger partial charge in [-0.1, -0.05) is 44.2 Å². The molecule has 2 aromatic carbocycles. The molecule has 0 saturated carbocycles. The summed E-state index contributed by atoms with van der Waals surface area (Å²) >= 11 is 0. The average Bonchev–Trinajstić information content (AvgIpc) is 3.26. The molecule has 204 valence electrons. The van der Waals surface area contributed by atoms with Crippen molar-refractivity contribution in [2.75, 3.05) is 13.7 Å². The van der Waals surface area contributed by atoms with Gasteiger partial charge in [-0.25, -0.2) is 9.07 Å². The van der Waals surface area contributed by atoms with Gasteiger partial charge in [-0.3, -0.25) is 9.59 Å². The van der Waals surface area contributed by atoms with Crippen LogP contribution in [0.25, 0.3) is 5.69 Å². The molecule has 0 bridgehead atoms. The van der Waals surface area contributed by atoms with E-state index < -0.39 is 30.4 Å². The lowest BCUT2D eigenvalue weighted by molar-refractivity contribution is -0.139. The number of aliphatic hydroxyl groups is 2. The Morgan fingerprint density at radius 2 is 1.66 bits per heavy atom. The van der Waals surface area contributed by atoms with Crippen LogP contribution in [0.2, 0.25) is 0 Å². The van der Waals surface area contributed by atoms with E-state index in [1.807, 2.05) is 51.1 Å². The second-order valence-electron chi connectivity index (χ2n) is 9.57. The van der Waals surface area contributed by atoms with Crippen molar-refractivity contribution in [2.24, 2.45) is 0 Å². The van der Waals surface area contributed by atoms with Gasteiger partial charge in [0.1, 0.15) is 12.4 Å². The van der Waals surface area contributed by atoms with Gasteiger partial charge in [0, 0.05) is 19.0 Å². The van der Waals surface area contributed by atoms with E-state index in [0.717, 1.165) is 5.56 Å². The molecule has 0 unspecified atom stereocenters. The SMILES string of the molecule is CC(C)c1c(C(=O)N(C)[C@H](C)c2ccccc2)nn(-c2ccc(F)cc2)c1OC[C@@H](O)C[C@@H](O)CC(=O)O. The van der Waals surface area contributed by atoms with Crippen LogP contribution in [0.4, 0.5) is 4.39 Å². The summed E-state index contributed by atoms with van der Waals surface area (Å²) in [5.74, 6) is -1.98. The molecule has 1 aromatic heterocycles. The third-order valence-electron chi connectivity index (χ3n) is 6.28. The number of carbonyl (C=O) groups is 2. The molecule has 0 radical (unpaired) electrons. The lowest BCUT2D eigenvalue weighted by Crippen LogP contribution is -2.31. The Labute approximate surface area is 221 Å². The highest BCUT2D eigenvalue weighted by Gasteiger charge is 2.31. The maximum atomic E-state index is 13.7. The Hall–Kier alpha value is -3.76. The third kappa shape index (κ3) is 6.96. The summed E-state index contributed by atoms with van der Waals surface area (Å²) in [5.41, 5.74) is 2.06. The lowest BCUT2D eigenvalue weighted by Gasteiger charge is -2.25. The number of hydrogen-bond acceptors (Lipinski definition) is 6. The van der Waals surface area contributed by atoms with Gasteiger partial charge >= 0.3 is 5.97 Å². The minimum atomic E-state index is -1.25. The zero-order chi connectivity index (χ0) is 28.0. The maximum Gasteiger partial charge on any atom is 0.305 e. The first-order valence-corrected chi connectivity index (χ1v) is 12.4. The molecule has 0 aliphatic carbocycles. The molecule has 1 heterocycles. The van der Waals surface area contributed by atoms with Crippen molar-refractivity contribution in [3.8, 4) is 11.6 Å². The molecule has 10 heteroatoms. The van der Waals surface area contributed by atoms with Crippen molar-refractivity contribution in [1.29, 1.82) is 0 Å². The number of aliphatic hydroxyl groups excluding tert-OH is 2. The number of ether oxygens (including phenoxy) is 1. The molecule has 1 amide bonds. The second kappa shape index (κ2) is 12.7. The predicted molar refractivity (Wildman–Crippen MR) is 139 cm³/mol. The quantitative estimate of drug-likeness (QED) is 0.326. The third-order valence-corrected chi connectivity index (χ3v) is 6.28. The van der Waals surface area contributed by atoms with Crippen molar-refractivity contribution >= 4 is 11.9 Å². The predicted octanol–water partition coefficient (Wildman–Crippen LogP) is 3.93. The highest BCUT2D eigenvalue weighted by molar-refractivity contribution is 5.95. The summed E-state index contributed by atoms with van der Waals surface area (Å²) in [4.78, 5) is 26.1. The van der Waals surface area contributed by atoms with Crippen molar-refractivity contribution in [3.05, 3.63) is 77.2 Å². The fraction of sp³-hybridized carbons (Fsp3) is 0.393. The van der Waals surface area contributed by atoms with Gasteiger partial charge in [0.25, 0.3) is 5.91 Å². The van der Waals surface area contributed by atoms with Gasteiger partial charge in [0.2, 0.25) is 5.88 Å². The van der Waals surface area contributed by atoms with Gasteiger partial charge < -0.3 is 25.0 Å². The lowest BCUT2D eigenvalue weighted by atomic mass is 10.0. The van der Waals surface area contributed by atoms with Crippen molar-refractivity contribution < 1.29 is 34.0 Å². The number of aliphatic carboxylic acids is 1.